The molecule has 0 aliphatic rings. The number of rotatable bonds is 4. The van der Waals surface area contributed by atoms with Gasteiger partial charge in [0.1, 0.15) is 12.2 Å². The Morgan fingerprint density at radius 1 is 1.42 bits per heavy atom. The predicted octanol–water partition coefficient (Wildman–Crippen LogP) is 1.39. The van der Waals surface area contributed by atoms with Crippen LogP contribution in [0, 0.1) is 0 Å². The van der Waals surface area contributed by atoms with E-state index in [0.29, 0.717) is 5.56 Å². The average Bonchev–Trinajstić information content (AvgIpc) is 2.81. The van der Waals surface area contributed by atoms with Gasteiger partial charge in [-0.25, -0.2) is 18.3 Å². The van der Waals surface area contributed by atoms with E-state index in [9.17, 15) is 13.6 Å². The van der Waals surface area contributed by atoms with Crippen LogP contribution < -0.4 is 0 Å². The van der Waals surface area contributed by atoms with Crippen LogP contribution in [0.3, 0.4) is 0 Å². The summed E-state index contributed by atoms with van der Waals surface area (Å²) < 4.78 is 30.5. The van der Waals surface area contributed by atoms with Crippen LogP contribution in [-0.4, -0.2) is 39.5 Å². The van der Waals surface area contributed by atoms with Gasteiger partial charge in [-0.3, -0.25) is 4.98 Å². The standard InChI is InChI=1S/C11H10F2N4O2/c1-19-11(18)9-10(7-2-4-14-5-3-7)17(16-15-9)6-8(12)13/h2-5,8H,6H2,1H3. The van der Waals surface area contributed by atoms with Crippen LogP contribution in [0.25, 0.3) is 11.3 Å². The third kappa shape index (κ3) is 2.72. The molecule has 0 saturated carbocycles. The first-order chi connectivity index (χ1) is 9.13. The van der Waals surface area contributed by atoms with E-state index in [0.717, 1.165) is 4.68 Å². The molecule has 0 unspecified atom stereocenters. The summed E-state index contributed by atoms with van der Waals surface area (Å²) in [5.41, 5.74) is 0.602. The number of hydrogen-bond acceptors (Lipinski definition) is 5. The van der Waals surface area contributed by atoms with Crippen molar-refractivity contribution in [3.8, 4) is 11.3 Å². The molecule has 100 valence electrons. The highest BCUT2D eigenvalue weighted by Crippen LogP contribution is 2.22. The predicted molar refractivity (Wildman–Crippen MR) is 60.6 cm³/mol. The molecule has 0 fully saturated rings. The van der Waals surface area contributed by atoms with Gasteiger partial charge in [0, 0.05) is 18.0 Å². The average molecular weight is 268 g/mol. The van der Waals surface area contributed by atoms with Crippen molar-refractivity contribution in [2.45, 2.75) is 13.0 Å². The highest BCUT2D eigenvalue weighted by atomic mass is 19.3. The highest BCUT2D eigenvalue weighted by Gasteiger charge is 2.23. The second kappa shape index (κ2) is 5.51. The van der Waals surface area contributed by atoms with Crippen molar-refractivity contribution in [1.29, 1.82) is 0 Å². The molecule has 0 aliphatic heterocycles. The van der Waals surface area contributed by atoms with Gasteiger partial charge in [-0.1, -0.05) is 5.21 Å². The summed E-state index contributed by atoms with van der Waals surface area (Å²) in [4.78, 5) is 15.4. The minimum atomic E-state index is -2.60. The third-order valence-electron chi connectivity index (χ3n) is 2.38. The van der Waals surface area contributed by atoms with Crippen molar-refractivity contribution in [3.05, 3.63) is 30.2 Å². The number of esters is 1. The maximum Gasteiger partial charge on any atom is 0.360 e. The van der Waals surface area contributed by atoms with Crippen LogP contribution in [0.1, 0.15) is 10.5 Å². The maximum atomic E-state index is 12.5. The summed E-state index contributed by atoms with van der Waals surface area (Å²) in [6, 6.07) is 3.15. The fourth-order valence-electron chi connectivity index (χ4n) is 1.60. The number of carbonyl (C=O) groups is 1. The molecule has 2 aromatic heterocycles. The molecule has 2 heterocycles. The second-order valence-electron chi connectivity index (χ2n) is 3.59. The molecule has 0 aromatic carbocycles. The van der Waals surface area contributed by atoms with Crippen molar-refractivity contribution >= 4 is 5.97 Å². The summed E-state index contributed by atoms with van der Waals surface area (Å²) in [6.45, 7) is -0.651. The van der Waals surface area contributed by atoms with Gasteiger partial charge < -0.3 is 4.74 Å². The molecule has 2 rings (SSSR count). The number of ether oxygens (including phenoxy) is 1. The van der Waals surface area contributed by atoms with Crippen LogP contribution >= 0.6 is 0 Å². The first-order valence-electron chi connectivity index (χ1n) is 5.34. The molecule has 8 heteroatoms. The molecule has 0 radical (unpaired) electrons. The molecular weight excluding hydrogens is 258 g/mol. The molecule has 0 saturated heterocycles. The minimum Gasteiger partial charge on any atom is -0.464 e. The van der Waals surface area contributed by atoms with E-state index in [1.54, 1.807) is 12.1 Å². The topological polar surface area (TPSA) is 69.9 Å². The number of halogens is 2. The second-order valence-corrected chi connectivity index (χ2v) is 3.59. The Hall–Kier alpha value is -2.38. The molecule has 0 N–H and O–H groups in total. The normalized spacial score (nSPS) is 10.7. The molecule has 0 bridgehead atoms. The van der Waals surface area contributed by atoms with Crippen molar-refractivity contribution < 1.29 is 18.3 Å². The Kier molecular flexibility index (Phi) is 3.79. The lowest BCUT2D eigenvalue weighted by atomic mass is 10.1. The molecule has 0 spiro atoms. The van der Waals surface area contributed by atoms with Crippen LogP contribution in [0.2, 0.25) is 0 Å². The van der Waals surface area contributed by atoms with Crippen LogP contribution in [0.4, 0.5) is 8.78 Å². The van der Waals surface area contributed by atoms with E-state index in [1.165, 1.54) is 19.5 Å². The van der Waals surface area contributed by atoms with Crippen molar-refractivity contribution in [3.63, 3.8) is 0 Å². The SMILES string of the molecule is COC(=O)c1nnn(CC(F)F)c1-c1ccncc1. The molecule has 19 heavy (non-hydrogen) atoms. The van der Waals surface area contributed by atoms with E-state index in [1.807, 2.05) is 0 Å². The smallest absolute Gasteiger partial charge is 0.360 e. The maximum absolute atomic E-state index is 12.5. The van der Waals surface area contributed by atoms with Gasteiger partial charge >= 0.3 is 5.97 Å². The number of carbonyl (C=O) groups excluding carboxylic acids is 1. The molecule has 0 atom stereocenters. The van der Waals surface area contributed by atoms with Gasteiger partial charge in [0.2, 0.25) is 0 Å². The van der Waals surface area contributed by atoms with Crippen molar-refractivity contribution in [1.82, 2.24) is 20.0 Å². The fraction of sp³-hybridized carbons (Fsp3) is 0.273. The lowest BCUT2D eigenvalue weighted by molar-refractivity contribution is 0.0594. The van der Waals surface area contributed by atoms with E-state index in [2.05, 4.69) is 20.0 Å². The van der Waals surface area contributed by atoms with Crippen LogP contribution in [0.5, 0.6) is 0 Å². The van der Waals surface area contributed by atoms with Gasteiger partial charge in [0.15, 0.2) is 5.69 Å². The van der Waals surface area contributed by atoms with Crippen LogP contribution in [-0.2, 0) is 11.3 Å². The number of aromatic nitrogens is 4. The fourth-order valence-corrected chi connectivity index (χ4v) is 1.60. The first kappa shape index (κ1) is 13.1. The van der Waals surface area contributed by atoms with Crippen molar-refractivity contribution in [2.75, 3.05) is 7.11 Å². The Morgan fingerprint density at radius 2 is 2.11 bits per heavy atom. The summed E-state index contributed by atoms with van der Waals surface area (Å²) in [7, 11) is 1.19. The van der Waals surface area contributed by atoms with Crippen molar-refractivity contribution in [2.24, 2.45) is 0 Å². The lowest BCUT2D eigenvalue weighted by Gasteiger charge is -2.06. The zero-order valence-electron chi connectivity index (χ0n) is 9.96. The molecular formula is C11H10F2N4O2. The Balaban J connectivity index is 2.53. The molecule has 2 aromatic rings. The van der Waals surface area contributed by atoms with Gasteiger partial charge in [0.25, 0.3) is 6.43 Å². The van der Waals surface area contributed by atoms with Gasteiger partial charge in [0.05, 0.1) is 7.11 Å². The number of nitrogens with zero attached hydrogens (tertiary/aromatic N) is 4. The number of methoxy groups -OCH3 is 1. The quantitative estimate of drug-likeness (QED) is 0.784. The highest BCUT2D eigenvalue weighted by molar-refractivity contribution is 5.93. The van der Waals surface area contributed by atoms with Crippen LogP contribution in [0.15, 0.2) is 24.5 Å². The number of pyridine rings is 1. The van der Waals surface area contributed by atoms with Gasteiger partial charge in [-0.2, -0.15) is 0 Å². The lowest BCUT2D eigenvalue weighted by Crippen LogP contribution is -2.11. The third-order valence-corrected chi connectivity index (χ3v) is 2.38. The van der Waals surface area contributed by atoms with Gasteiger partial charge in [-0.05, 0) is 12.1 Å². The Bertz CT molecular complexity index is 571. The Labute approximate surface area is 107 Å². The summed E-state index contributed by atoms with van der Waals surface area (Å²) in [5.74, 6) is -0.729. The van der Waals surface area contributed by atoms with E-state index < -0.39 is 18.9 Å². The summed E-state index contributed by atoms with van der Waals surface area (Å²) in [6.07, 6.45) is 0.361. The monoisotopic (exact) mass is 268 g/mol. The van der Waals surface area contributed by atoms with E-state index in [-0.39, 0.29) is 11.4 Å². The summed E-state index contributed by atoms with van der Waals surface area (Å²) >= 11 is 0. The molecule has 0 aliphatic carbocycles. The van der Waals surface area contributed by atoms with Gasteiger partial charge in [-0.15, -0.1) is 5.10 Å². The number of hydrogen-bond donors (Lipinski definition) is 0. The zero-order valence-corrected chi connectivity index (χ0v) is 9.96. The number of alkyl halides is 2. The minimum absolute atomic E-state index is 0.102. The largest absolute Gasteiger partial charge is 0.464 e. The van der Waals surface area contributed by atoms with E-state index in [4.69, 9.17) is 0 Å². The van der Waals surface area contributed by atoms with E-state index >= 15 is 0 Å². The molecule has 0 amide bonds. The Morgan fingerprint density at radius 3 is 2.68 bits per heavy atom. The zero-order chi connectivity index (χ0) is 13.8. The first-order valence-corrected chi connectivity index (χ1v) is 5.34. The summed E-state index contributed by atoms with van der Waals surface area (Å²) in [5, 5.41) is 7.17. The molecule has 6 nitrogen and oxygen atoms in total.